The van der Waals surface area contributed by atoms with Crippen LogP contribution in [0, 0.1) is 5.92 Å². The third-order valence-corrected chi connectivity index (χ3v) is 11.0. The van der Waals surface area contributed by atoms with E-state index in [2.05, 4.69) is 13.8 Å². The van der Waals surface area contributed by atoms with Crippen molar-refractivity contribution in [3.8, 4) is 0 Å². The van der Waals surface area contributed by atoms with E-state index in [0.29, 0.717) is 38.5 Å². The molecule has 56 heavy (non-hydrogen) atoms. The van der Waals surface area contributed by atoms with E-state index in [1.807, 2.05) is 0 Å². The van der Waals surface area contributed by atoms with Crippen molar-refractivity contribution in [3.63, 3.8) is 0 Å². The number of carbonyl (C=O) groups excluding carboxylic acids is 2. The number of unbranched alkanes of at least 4 members (excludes halogenated alkanes) is 13. The lowest BCUT2D eigenvalue weighted by atomic mass is 9.89. The van der Waals surface area contributed by atoms with Gasteiger partial charge < -0.3 is 54.7 Å². The fourth-order valence-electron chi connectivity index (χ4n) is 7.49. The summed E-state index contributed by atoms with van der Waals surface area (Å²) in [6.45, 7) is 7.40. The number of Topliss-reactive ketones (excluding diaryl/α,β-unsaturated/α-hetero) is 1. The highest BCUT2D eigenvalue weighted by Gasteiger charge is 2.50. The van der Waals surface area contributed by atoms with Crippen molar-refractivity contribution in [3.05, 3.63) is 12.2 Å². The van der Waals surface area contributed by atoms with E-state index >= 15 is 0 Å². The van der Waals surface area contributed by atoms with Crippen LogP contribution in [0.1, 0.15) is 156 Å². The van der Waals surface area contributed by atoms with Crippen LogP contribution in [0.25, 0.3) is 0 Å². The summed E-state index contributed by atoms with van der Waals surface area (Å²) in [5.41, 5.74) is 0. The van der Waals surface area contributed by atoms with Crippen LogP contribution in [0.4, 0.5) is 0 Å². The highest BCUT2D eigenvalue weighted by molar-refractivity contribution is 5.99. The van der Waals surface area contributed by atoms with Gasteiger partial charge in [-0.05, 0) is 46.0 Å². The molecule has 0 amide bonds. The maximum atomic E-state index is 12.7. The van der Waals surface area contributed by atoms with Crippen molar-refractivity contribution >= 4 is 17.7 Å². The first-order valence-corrected chi connectivity index (χ1v) is 21.4. The molecule has 0 spiro atoms. The molecule has 2 aliphatic rings. The lowest BCUT2D eigenvalue weighted by Crippen LogP contribution is -2.63. The lowest BCUT2D eigenvalue weighted by molar-refractivity contribution is -0.336. The molecule has 14 nitrogen and oxygen atoms in total. The number of carboxylic acid groups (broad SMARTS) is 1. The van der Waals surface area contributed by atoms with Crippen molar-refractivity contribution in [2.75, 3.05) is 0 Å². The number of aliphatic hydroxyl groups excluding tert-OH is 6. The zero-order valence-corrected chi connectivity index (χ0v) is 34.3. The van der Waals surface area contributed by atoms with E-state index in [0.717, 1.165) is 77.0 Å². The number of aliphatic hydroxyl groups is 6. The summed E-state index contributed by atoms with van der Waals surface area (Å²) in [4.78, 5) is 37.2. The summed E-state index contributed by atoms with van der Waals surface area (Å²) in [7, 11) is 0. The van der Waals surface area contributed by atoms with Gasteiger partial charge in [0, 0.05) is 12.5 Å². The molecular weight excluding hydrogens is 728 g/mol. The third-order valence-electron chi connectivity index (χ3n) is 11.0. The minimum absolute atomic E-state index is 0.230. The van der Waals surface area contributed by atoms with Crippen molar-refractivity contribution in [2.45, 2.75) is 230 Å². The highest BCUT2D eigenvalue weighted by atomic mass is 16.7. The number of ether oxygens (including phenoxy) is 4. The van der Waals surface area contributed by atoms with E-state index in [-0.39, 0.29) is 12.8 Å². The van der Waals surface area contributed by atoms with Gasteiger partial charge in [-0.3, -0.25) is 9.59 Å². The zero-order chi connectivity index (χ0) is 41.6. The molecule has 13 atom stereocenters. The van der Waals surface area contributed by atoms with Gasteiger partial charge in [-0.25, -0.2) is 4.79 Å². The molecule has 0 aromatic heterocycles. The molecule has 2 fully saturated rings. The summed E-state index contributed by atoms with van der Waals surface area (Å²) in [5, 5.41) is 73.6. The zero-order valence-electron chi connectivity index (χ0n) is 34.3. The van der Waals surface area contributed by atoms with Crippen LogP contribution >= 0.6 is 0 Å². The van der Waals surface area contributed by atoms with Crippen LogP contribution in [0.15, 0.2) is 12.2 Å². The van der Waals surface area contributed by atoms with Crippen molar-refractivity contribution in [2.24, 2.45) is 5.92 Å². The topological polar surface area (TPSA) is 230 Å². The number of rotatable bonds is 29. The molecule has 2 aliphatic heterocycles. The number of esters is 1. The molecule has 0 aromatic carbocycles. The first-order chi connectivity index (χ1) is 26.7. The molecular formula is C42H74O14. The normalized spacial score (nSPS) is 29.9. The quantitative estimate of drug-likeness (QED) is 0.0237. The summed E-state index contributed by atoms with van der Waals surface area (Å²) >= 11 is 0. The fraction of sp³-hybridized carbons (Fsp3) is 0.881. The molecule has 0 aromatic rings. The molecule has 0 bridgehead atoms. The van der Waals surface area contributed by atoms with Gasteiger partial charge in [0.1, 0.15) is 36.4 Å². The number of allylic oxidation sites excluding steroid dienone is 1. The summed E-state index contributed by atoms with van der Waals surface area (Å²) < 4.78 is 23.6. The second-order valence-electron chi connectivity index (χ2n) is 15.9. The Morgan fingerprint density at radius 1 is 0.679 bits per heavy atom. The maximum absolute atomic E-state index is 12.7. The van der Waals surface area contributed by atoms with Crippen LogP contribution in [-0.4, -0.2) is 127 Å². The van der Waals surface area contributed by atoms with Gasteiger partial charge in [0.05, 0.1) is 30.5 Å². The Hall–Kier alpha value is -2.01. The molecule has 2 saturated heterocycles. The molecule has 326 valence electrons. The largest absolute Gasteiger partial charge is 0.481 e. The van der Waals surface area contributed by atoms with E-state index in [1.165, 1.54) is 13.0 Å². The number of hydrogen-bond donors (Lipinski definition) is 7. The molecule has 0 aliphatic carbocycles. The Bertz CT molecular complexity index is 1130. The van der Waals surface area contributed by atoms with Crippen LogP contribution < -0.4 is 0 Å². The predicted octanol–water partition coefficient (Wildman–Crippen LogP) is 4.65. The van der Waals surface area contributed by atoms with Gasteiger partial charge in [0.15, 0.2) is 18.2 Å². The Morgan fingerprint density at radius 2 is 1.21 bits per heavy atom. The molecule has 2 rings (SSSR count). The Morgan fingerprint density at radius 3 is 1.84 bits per heavy atom. The van der Waals surface area contributed by atoms with E-state index in [1.54, 1.807) is 13.0 Å². The van der Waals surface area contributed by atoms with Crippen molar-refractivity contribution in [1.29, 1.82) is 0 Å². The highest BCUT2D eigenvalue weighted by Crippen LogP contribution is 2.32. The Balaban J connectivity index is 1.87. The lowest BCUT2D eigenvalue weighted by Gasteiger charge is -2.46. The average molecular weight is 803 g/mol. The molecule has 0 radical (unpaired) electrons. The average Bonchev–Trinajstić information content (AvgIpc) is 3.14. The van der Waals surface area contributed by atoms with Crippen LogP contribution in [-0.2, 0) is 33.3 Å². The number of aliphatic carboxylic acids is 1. The predicted molar refractivity (Wildman–Crippen MR) is 208 cm³/mol. The van der Waals surface area contributed by atoms with Crippen LogP contribution in [0.3, 0.4) is 0 Å². The number of carboxylic acids is 1. The Kier molecular flexibility index (Phi) is 24.7. The molecule has 3 unspecified atom stereocenters. The first kappa shape index (κ1) is 50.1. The SMILES string of the molecule is CCCCCCCC=CC(=O)O[C@@H]1[C@@H](O[C@@H]2[C@H](O)[C@@H](O)[C@H](C)O[C@H]2CCCCCCCC(O)CC(=O)C(C(=O)O)C(O)CCCCCCC)O[C@H](C)[C@@H](O)[C@@H]1O. The second-order valence-corrected chi connectivity index (χ2v) is 15.9. The molecule has 0 saturated carbocycles. The van der Waals surface area contributed by atoms with Gasteiger partial charge in [-0.15, -0.1) is 0 Å². The minimum atomic E-state index is -1.55. The van der Waals surface area contributed by atoms with Crippen molar-refractivity contribution < 1.29 is 69.1 Å². The first-order valence-electron chi connectivity index (χ1n) is 21.4. The van der Waals surface area contributed by atoms with Gasteiger partial charge in [-0.1, -0.05) is 110 Å². The maximum Gasteiger partial charge on any atom is 0.330 e. The van der Waals surface area contributed by atoms with E-state index in [4.69, 9.17) is 18.9 Å². The summed E-state index contributed by atoms with van der Waals surface area (Å²) in [6.07, 6.45) is 3.88. The number of hydrogen-bond acceptors (Lipinski definition) is 13. The monoisotopic (exact) mass is 803 g/mol. The van der Waals surface area contributed by atoms with Crippen LogP contribution in [0.2, 0.25) is 0 Å². The van der Waals surface area contributed by atoms with Gasteiger partial charge in [0.25, 0.3) is 0 Å². The summed E-state index contributed by atoms with van der Waals surface area (Å²) in [6, 6.07) is 0. The van der Waals surface area contributed by atoms with Crippen LogP contribution in [0.5, 0.6) is 0 Å². The third kappa shape index (κ3) is 17.5. The number of ketones is 1. The molecule has 7 N–H and O–H groups in total. The van der Waals surface area contributed by atoms with Gasteiger partial charge >= 0.3 is 11.9 Å². The van der Waals surface area contributed by atoms with E-state index < -0.39 is 97.1 Å². The minimum Gasteiger partial charge on any atom is -0.481 e. The second kappa shape index (κ2) is 27.6. The smallest absolute Gasteiger partial charge is 0.330 e. The number of carbonyl (C=O) groups is 3. The summed E-state index contributed by atoms with van der Waals surface area (Å²) in [5.74, 6) is -4.32. The fourth-order valence-corrected chi connectivity index (χ4v) is 7.49. The van der Waals surface area contributed by atoms with E-state index in [9.17, 15) is 50.1 Å². The Labute approximate surface area is 333 Å². The van der Waals surface area contributed by atoms with Gasteiger partial charge in [-0.2, -0.15) is 0 Å². The standard InChI is InChI=1S/C42H74O14/c1-5-7-9-11-12-17-21-25-33(46)55-40-38(50)36(48)28(4)54-42(40)56-39-32(53-27(3)35(47)37(39)49)24-20-16-13-15-18-22-29(43)26-31(45)34(41(51)52)30(44)23-19-14-10-8-6-2/h21,25,27-30,32,34-40,42-44,47-50H,5-20,22-24,26H2,1-4H3,(H,51,52)/t27-,28+,29?,30?,32-,34?,35-,36+,37+,38-,39-,40-,42+/m0/s1. The molecule has 14 heteroatoms. The van der Waals surface area contributed by atoms with Crippen molar-refractivity contribution in [1.82, 2.24) is 0 Å². The molecule has 2 heterocycles. The van der Waals surface area contributed by atoms with Gasteiger partial charge in [0.2, 0.25) is 0 Å².